The van der Waals surface area contributed by atoms with Gasteiger partial charge in [-0.1, -0.05) is 0 Å². The first-order chi connectivity index (χ1) is 4.95. The van der Waals surface area contributed by atoms with E-state index in [9.17, 15) is 4.39 Å². The number of nitrogens with zero attached hydrogens (tertiary/aromatic N) is 1. The number of hydrogen-bond donors (Lipinski definition) is 2. The van der Waals surface area contributed by atoms with Gasteiger partial charge in [-0.05, 0) is 13.8 Å². The summed E-state index contributed by atoms with van der Waals surface area (Å²) >= 11 is 0. The third-order valence-corrected chi connectivity index (χ3v) is 1.12. The van der Waals surface area contributed by atoms with E-state index in [1.165, 1.54) is 13.8 Å². The van der Waals surface area contributed by atoms with Gasteiger partial charge in [0, 0.05) is 6.92 Å². The molecule has 0 aliphatic heterocycles. The van der Waals surface area contributed by atoms with E-state index in [0.29, 0.717) is 5.70 Å². The topological polar surface area (TPSA) is 62.2 Å². The molecule has 0 aromatic heterocycles. The normalized spacial score (nSPS) is 14.4. The Hall–Kier alpha value is -1.19. The van der Waals surface area contributed by atoms with Gasteiger partial charge in [-0.25, -0.2) is 4.99 Å². The van der Waals surface area contributed by atoms with Crippen molar-refractivity contribution in [2.75, 3.05) is 0 Å². The highest BCUT2D eigenvalue weighted by atomic mass is 19.1. The van der Waals surface area contributed by atoms with Crippen molar-refractivity contribution >= 4 is 11.7 Å². The van der Waals surface area contributed by atoms with Crippen LogP contribution in [-0.4, -0.2) is 11.7 Å². The molecular formula is C7H12FN3. The van der Waals surface area contributed by atoms with E-state index in [1.807, 2.05) is 0 Å². The van der Waals surface area contributed by atoms with Crippen LogP contribution in [0.5, 0.6) is 0 Å². The molecule has 3 nitrogen and oxygen atoms in total. The number of aliphatic imine (C=N–C) groups is 1. The van der Waals surface area contributed by atoms with Gasteiger partial charge in [0.2, 0.25) is 0 Å². The molecule has 0 saturated carbocycles. The van der Waals surface area contributed by atoms with Crippen molar-refractivity contribution < 1.29 is 4.39 Å². The van der Waals surface area contributed by atoms with E-state index in [2.05, 4.69) is 4.99 Å². The van der Waals surface area contributed by atoms with Crippen LogP contribution < -0.4 is 5.73 Å². The molecule has 11 heavy (non-hydrogen) atoms. The average molecular weight is 157 g/mol. The molecule has 0 aromatic rings. The molecule has 62 valence electrons. The fourth-order valence-electron chi connectivity index (χ4n) is 0.563. The summed E-state index contributed by atoms with van der Waals surface area (Å²) in [6.45, 7) is 4.33. The van der Waals surface area contributed by atoms with Gasteiger partial charge in [-0.3, -0.25) is 0 Å². The minimum absolute atomic E-state index is 0.201. The van der Waals surface area contributed by atoms with Gasteiger partial charge in [-0.15, -0.1) is 0 Å². The second kappa shape index (κ2) is 3.85. The third-order valence-electron chi connectivity index (χ3n) is 1.12. The Kier molecular flexibility index (Phi) is 3.44. The van der Waals surface area contributed by atoms with E-state index in [0.717, 1.165) is 0 Å². The second-order valence-corrected chi connectivity index (χ2v) is 2.23. The van der Waals surface area contributed by atoms with Crippen molar-refractivity contribution in [3.05, 3.63) is 11.4 Å². The quantitative estimate of drug-likeness (QED) is 0.587. The number of halogens is 1. The van der Waals surface area contributed by atoms with Gasteiger partial charge < -0.3 is 11.1 Å². The number of hydrogen-bond acceptors (Lipinski definition) is 3. The van der Waals surface area contributed by atoms with Crippen LogP contribution in [-0.2, 0) is 0 Å². The zero-order chi connectivity index (χ0) is 9.02. The van der Waals surface area contributed by atoms with Crippen LogP contribution in [0.1, 0.15) is 20.8 Å². The van der Waals surface area contributed by atoms with Crippen molar-refractivity contribution in [1.29, 1.82) is 5.41 Å². The maximum Gasteiger partial charge on any atom is 0.186 e. The summed E-state index contributed by atoms with van der Waals surface area (Å²) in [4.78, 5) is 3.46. The molecule has 0 aliphatic rings. The minimum Gasteiger partial charge on any atom is -0.396 e. The molecule has 3 N–H and O–H groups in total. The van der Waals surface area contributed by atoms with Crippen LogP contribution in [0, 0.1) is 5.41 Å². The molecule has 0 spiro atoms. The molecule has 0 aliphatic carbocycles. The lowest BCUT2D eigenvalue weighted by Crippen LogP contribution is -2.08. The van der Waals surface area contributed by atoms with Crippen LogP contribution in [0.2, 0.25) is 0 Å². The van der Waals surface area contributed by atoms with Gasteiger partial charge in [0.05, 0.1) is 17.1 Å². The Labute approximate surface area is 65.3 Å². The molecule has 0 heterocycles. The third kappa shape index (κ3) is 3.50. The first kappa shape index (κ1) is 9.81. The molecular weight excluding hydrogens is 145 g/mol. The maximum absolute atomic E-state index is 12.2. The van der Waals surface area contributed by atoms with Gasteiger partial charge >= 0.3 is 0 Å². The van der Waals surface area contributed by atoms with E-state index < -0.39 is 5.97 Å². The van der Waals surface area contributed by atoms with Gasteiger partial charge in [0.1, 0.15) is 0 Å². The highest BCUT2D eigenvalue weighted by molar-refractivity contribution is 5.95. The largest absolute Gasteiger partial charge is 0.396 e. The molecule has 0 saturated heterocycles. The molecule has 0 radical (unpaired) electrons. The van der Waals surface area contributed by atoms with Gasteiger partial charge in [0.25, 0.3) is 0 Å². The van der Waals surface area contributed by atoms with E-state index in [1.54, 1.807) is 6.92 Å². The zero-order valence-corrected chi connectivity index (χ0v) is 6.90. The predicted octanol–water partition coefficient (Wildman–Crippen LogP) is 1.60. The predicted molar refractivity (Wildman–Crippen MR) is 44.5 cm³/mol. The number of allylic oxidation sites excluding steroid dienone is 2. The van der Waals surface area contributed by atoms with Crippen molar-refractivity contribution in [1.82, 2.24) is 0 Å². The summed E-state index contributed by atoms with van der Waals surface area (Å²) in [5.74, 6) is -0.549. The van der Waals surface area contributed by atoms with Crippen LogP contribution in [0.25, 0.3) is 0 Å². The van der Waals surface area contributed by atoms with E-state index >= 15 is 0 Å². The Bertz CT molecular complexity index is 224. The summed E-state index contributed by atoms with van der Waals surface area (Å²) in [6, 6.07) is 0. The minimum atomic E-state index is -0.549. The maximum atomic E-state index is 12.2. The molecule has 0 atom stereocenters. The Morgan fingerprint density at radius 3 is 2.09 bits per heavy atom. The first-order valence-corrected chi connectivity index (χ1v) is 3.17. The van der Waals surface area contributed by atoms with Crippen LogP contribution >= 0.6 is 0 Å². The number of nitrogens with one attached hydrogen (secondary N) is 1. The highest BCUT2D eigenvalue weighted by Crippen LogP contribution is 2.01. The van der Waals surface area contributed by atoms with Crippen molar-refractivity contribution in [3.63, 3.8) is 0 Å². The van der Waals surface area contributed by atoms with Crippen molar-refractivity contribution in [2.24, 2.45) is 10.7 Å². The van der Waals surface area contributed by atoms with Gasteiger partial charge in [-0.2, -0.15) is 4.39 Å². The van der Waals surface area contributed by atoms with E-state index in [-0.39, 0.29) is 11.4 Å². The van der Waals surface area contributed by atoms with Crippen LogP contribution in [0.4, 0.5) is 4.39 Å². The lowest BCUT2D eigenvalue weighted by Gasteiger charge is -1.99. The monoisotopic (exact) mass is 157 g/mol. The molecule has 0 aromatic carbocycles. The molecule has 0 fully saturated rings. The van der Waals surface area contributed by atoms with Crippen molar-refractivity contribution in [3.8, 4) is 0 Å². The Morgan fingerprint density at radius 1 is 1.36 bits per heavy atom. The van der Waals surface area contributed by atoms with Gasteiger partial charge in [0.15, 0.2) is 5.97 Å². The standard InChI is InChI=1S/C7H12FN3/c1-4(9)7(10)5(2)11-6(3)8/h9H,10H2,1-3H3/b7-5+,9-4?,11-6?. The Balaban J connectivity index is 4.68. The lowest BCUT2D eigenvalue weighted by molar-refractivity contribution is 0.793. The molecule has 0 unspecified atom stereocenters. The molecule has 4 heteroatoms. The Morgan fingerprint density at radius 2 is 1.82 bits per heavy atom. The summed E-state index contributed by atoms with van der Waals surface area (Å²) < 4.78 is 12.2. The summed E-state index contributed by atoms with van der Waals surface area (Å²) in [6.07, 6.45) is 0. The first-order valence-electron chi connectivity index (χ1n) is 3.17. The van der Waals surface area contributed by atoms with Crippen LogP contribution in [0.3, 0.4) is 0 Å². The number of nitrogens with two attached hydrogens (primary N) is 1. The highest BCUT2D eigenvalue weighted by Gasteiger charge is 1.98. The number of rotatable bonds is 2. The summed E-state index contributed by atoms with van der Waals surface area (Å²) in [5.41, 5.74) is 6.16. The van der Waals surface area contributed by atoms with Crippen LogP contribution in [0.15, 0.2) is 16.4 Å². The average Bonchev–Trinajstić information content (AvgIpc) is 1.84. The molecule has 0 amide bonds. The summed E-state index contributed by atoms with van der Waals surface area (Å²) in [5, 5.41) is 7.10. The summed E-state index contributed by atoms with van der Waals surface area (Å²) in [7, 11) is 0. The van der Waals surface area contributed by atoms with E-state index in [4.69, 9.17) is 11.1 Å². The lowest BCUT2D eigenvalue weighted by atomic mass is 10.2. The molecule has 0 bridgehead atoms. The second-order valence-electron chi connectivity index (χ2n) is 2.23. The van der Waals surface area contributed by atoms with Crippen molar-refractivity contribution in [2.45, 2.75) is 20.8 Å². The molecule has 0 rings (SSSR count). The zero-order valence-electron chi connectivity index (χ0n) is 6.90. The fraction of sp³-hybridized carbons (Fsp3) is 0.429. The SMILES string of the molecule is CC(=N)/C(N)=C(/C)N=C(C)F. The smallest absolute Gasteiger partial charge is 0.186 e. The fourth-order valence-corrected chi connectivity index (χ4v) is 0.563.